The number of ether oxygens (including phenoxy) is 2. The smallest absolute Gasteiger partial charge is 0.325 e. The number of urea groups is 1. The van der Waals surface area contributed by atoms with Gasteiger partial charge in [-0.2, -0.15) is 0 Å². The Bertz CT molecular complexity index is 987. The van der Waals surface area contributed by atoms with Crippen LogP contribution < -0.4 is 20.1 Å². The molecule has 1 aromatic rings. The van der Waals surface area contributed by atoms with Crippen LogP contribution in [0.1, 0.15) is 50.5 Å². The molecular weight excluding hydrogens is 462 g/mol. The number of hydrogen-bond acceptors (Lipinski definition) is 7. The van der Waals surface area contributed by atoms with Crippen LogP contribution in [0, 0.1) is 0 Å². The molecule has 3 heterocycles. The van der Waals surface area contributed by atoms with Gasteiger partial charge in [0, 0.05) is 44.7 Å². The van der Waals surface area contributed by atoms with E-state index in [0.717, 1.165) is 44.6 Å². The van der Waals surface area contributed by atoms with Gasteiger partial charge >= 0.3 is 6.03 Å². The standard InChI is InChI=1S/C26H37N5O5/c1-29-11-13-30(14-12-29)26(9-3-2-4-10-26)17-27-23(32)8-6-20-24(33)31(25(34)28-20)16-19-5-7-21-22(15-19)36-18-35-21/h5,7,15,20H,2-4,6,8-14,16-18H2,1H3,(H,27,32)(H,28,34)/t20-/m1/s1. The number of benzene rings is 1. The second kappa shape index (κ2) is 10.6. The number of nitrogens with one attached hydrogen (secondary N) is 2. The molecule has 0 spiro atoms. The Morgan fingerprint density at radius 2 is 1.83 bits per heavy atom. The number of carbonyl (C=O) groups is 3. The van der Waals surface area contributed by atoms with E-state index in [1.807, 2.05) is 6.07 Å². The maximum absolute atomic E-state index is 12.9. The van der Waals surface area contributed by atoms with Gasteiger partial charge in [-0.1, -0.05) is 25.3 Å². The highest BCUT2D eigenvalue weighted by molar-refractivity contribution is 6.04. The first kappa shape index (κ1) is 24.8. The molecule has 2 N–H and O–H groups in total. The molecule has 0 radical (unpaired) electrons. The number of fused-ring (bicyclic) bond motifs is 1. The summed E-state index contributed by atoms with van der Waals surface area (Å²) in [7, 11) is 2.16. The number of likely N-dealkylation sites (N-methyl/N-ethyl adjacent to an activating group) is 1. The molecule has 3 aliphatic heterocycles. The zero-order valence-corrected chi connectivity index (χ0v) is 21.1. The lowest BCUT2D eigenvalue weighted by atomic mass is 9.79. The summed E-state index contributed by atoms with van der Waals surface area (Å²) in [5.41, 5.74) is 0.816. The lowest BCUT2D eigenvalue weighted by Gasteiger charge is -2.49. The first-order valence-corrected chi connectivity index (χ1v) is 13.1. The molecular formula is C26H37N5O5. The minimum atomic E-state index is -0.682. The number of imide groups is 1. The molecule has 1 atom stereocenters. The average Bonchev–Trinajstić information content (AvgIpc) is 3.46. The summed E-state index contributed by atoms with van der Waals surface area (Å²) in [4.78, 5) is 44.3. The zero-order valence-electron chi connectivity index (χ0n) is 21.1. The summed E-state index contributed by atoms with van der Waals surface area (Å²) in [5.74, 6) is 0.902. The summed E-state index contributed by atoms with van der Waals surface area (Å²) in [5, 5.41) is 5.91. The number of hydrogen-bond donors (Lipinski definition) is 2. The summed E-state index contributed by atoms with van der Waals surface area (Å²) in [6, 6.07) is 4.26. The van der Waals surface area contributed by atoms with E-state index in [0.29, 0.717) is 18.0 Å². The maximum Gasteiger partial charge on any atom is 0.325 e. The van der Waals surface area contributed by atoms with Crippen LogP contribution in [0.15, 0.2) is 18.2 Å². The third-order valence-electron chi connectivity index (χ3n) is 8.12. The van der Waals surface area contributed by atoms with E-state index in [9.17, 15) is 14.4 Å². The van der Waals surface area contributed by atoms with Crippen molar-refractivity contribution in [2.24, 2.45) is 0 Å². The lowest BCUT2D eigenvalue weighted by Crippen LogP contribution is -2.61. The topological polar surface area (TPSA) is 103 Å². The van der Waals surface area contributed by atoms with Gasteiger partial charge in [0.1, 0.15) is 6.04 Å². The molecule has 4 aliphatic rings. The zero-order chi connectivity index (χ0) is 25.1. The van der Waals surface area contributed by atoms with Gasteiger partial charge in [0.05, 0.1) is 6.54 Å². The lowest BCUT2D eigenvalue weighted by molar-refractivity contribution is -0.128. The number of nitrogens with zero attached hydrogens (tertiary/aromatic N) is 3. The number of piperazine rings is 1. The third kappa shape index (κ3) is 5.29. The Kier molecular flexibility index (Phi) is 7.34. The molecule has 196 valence electrons. The van der Waals surface area contributed by atoms with Gasteiger partial charge in [0.25, 0.3) is 5.91 Å². The SMILES string of the molecule is CN1CCN(C2(CNC(=O)CC[C@H]3NC(=O)N(Cc4ccc5c(c4)OCO5)C3=O)CCCCC2)CC1. The van der Waals surface area contributed by atoms with Gasteiger partial charge in [-0.15, -0.1) is 0 Å². The number of carbonyl (C=O) groups excluding carboxylic acids is 3. The van der Waals surface area contributed by atoms with Gasteiger partial charge in [-0.3, -0.25) is 19.4 Å². The second-order valence-corrected chi connectivity index (χ2v) is 10.5. The minimum Gasteiger partial charge on any atom is -0.454 e. The van der Waals surface area contributed by atoms with E-state index >= 15 is 0 Å². The molecule has 10 heteroatoms. The molecule has 5 rings (SSSR count). The third-order valence-corrected chi connectivity index (χ3v) is 8.12. The largest absolute Gasteiger partial charge is 0.454 e. The molecule has 36 heavy (non-hydrogen) atoms. The van der Waals surface area contributed by atoms with Crippen molar-refractivity contribution in [2.45, 2.75) is 63.1 Å². The fourth-order valence-corrected chi connectivity index (χ4v) is 5.87. The van der Waals surface area contributed by atoms with Crippen molar-refractivity contribution in [3.63, 3.8) is 0 Å². The van der Waals surface area contributed by atoms with Crippen molar-refractivity contribution in [2.75, 3.05) is 46.6 Å². The average molecular weight is 500 g/mol. The summed E-state index contributed by atoms with van der Waals surface area (Å²) in [6.45, 7) is 5.16. The highest BCUT2D eigenvalue weighted by atomic mass is 16.7. The Balaban J connectivity index is 1.12. The van der Waals surface area contributed by atoms with Crippen molar-refractivity contribution in [3.05, 3.63) is 23.8 Å². The number of rotatable bonds is 8. The fourth-order valence-electron chi connectivity index (χ4n) is 5.87. The van der Waals surface area contributed by atoms with Gasteiger partial charge in [-0.25, -0.2) is 4.79 Å². The highest BCUT2D eigenvalue weighted by Crippen LogP contribution is 2.34. The first-order valence-electron chi connectivity index (χ1n) is 13.1. The Morgan fingerprint density at radius 1 is 1.08 bits per heavy atom. The van der Waals surface area contributed by atoms with E-state index in [2.05, 4.69) is 27.5 Å². The van der Waals surface area contributed by atoms with E-state index in [1.165, 1.54) is 24.2 Å². The van der Waals surface area contributed by atoms with Crippen LogP contribution in [-0.4, -0.2) is 90.7 Å². The quantitative estimate of drug-likeness (QED) is 0.525. The Hall–Kier alpha value is -2.85. The van der Waals surface area contributed by atoms with E-state index in [4.69, 9.17) is 9.47 Å². The second-order valence-electron chi connectivity index (χ2n) is 10.5. The van der Waals surface area contributed by atoms with Gasteiger partial charge in [0.15, 0.2) is 11.5 Å². The molecule has 0 aromatic heterocycles. The monoisotopic (exact) mass is 499 g/mol. The molecule has 10 nitrogen and oxygen atoms in total. The van der Waals surface area contributed by atoms with Crippen molar-refractivity contribution in [1.29, 1.82) is 0 Å². The predicted molar refractivity (Wildman–Crippen MR) is 133 cm³/mol. The van der Waals surface area contributed by atoms with Gasteiger partial charge in [-0.05, 0) is 44.0 Å². The predicted octanol–water partition coefficient (Wildman–Crippen LogP) is 1.68. The summed E-state index contributed by atoms with van der Waals surface area (Å²) >= 11 is 0. The van der Waals surface area contributed by atoms with Crippen LogP contribution in [-0.2, 0) is 16.1 Å². The molecule has 3 fully saturated rings. The van der Waals surface area contributed by atoms with Crippen molar-refractivity contribution < 1.29 is 23.9 Å². The van der Waals surface area contributed by atoms with Crippen molar-refractivity contribution in [1.82, 2.24) is 25.3 Å². The normalized spacial score (nSPS) is 24.1. The summed E-state index contributed by atoms with van der Waals surface area (Å²) < 4.78 is 10.7. The first-order chi connectivity index (χ1) is 17.4. The minimum absolute atomic E-state index is 0.0357. The number of amides is 4. The van der Waals surface area contributed by atoms with Crippen LogP contribution in [0.4, 0.5) is 4.79 Å². The molecule has 1 aliphatic carbocycles. The molecule has 4 amide bonds. The maximum atomic E-state index is 12.9. The Labute approximate surface area is 212 Å². The van der Waals surface area contributed by atoms with Crippen molar-refractivity contribution in [3.8, 4) is 11.5 Å². The molecule has 0 bridgehead atoms. The molecule has 2 saturated heterocycles. The van der Waals surface area contributed by atoms with Gasteiger partial charge < -0.3 is 25.0 Å². The van der Waals surface area contributed by atoms with Crippen molar-refractivity contribution >= 4 is 17.8 Å². The van der Waals surface area contributed by atoms with Crippen LogP contribution >= 0.6 is 0 Å². The van der Waals surface area contributed by atoms with Crippen LogP contribution in [0.5, 0.6) is 11.5 Å². The van der Waals surface area contributed by atoms with Crippen LogP contribution in [0.3, 0.4) is 0 Å². The molecule has 1 saturated carbocycles. The van der Waals surface area contributed by atoms with E-state index < -0.39 is 12.1 Å². The van der Waals surface area contributed by atoms with Crippen LogP contribution in [0.2, 0.25) is 0 Å². The molecule has 0 unspecified atom stereocenters. The van der Waals surface area contributed by atoms with Crippen LogP contribution in [0.25, 0.3) is 0 Å². The van der Waals surface area contributed by atoms with E-state index in [1.54, 1.807) is 12.1 Å². The van der Waals surface area contributed by atoms with E-state index in [-0.39, 0.29) is 43.5 Å². The fraction of sp³-hybridized carbons (Fsp3) is 0.654. The Morgan fingerprint density at radius 3 is 2.61 bits per heavy atom. The molecule has 1 aromatic carbocycles. The summed E-state index contributed by atoms with van der Waals surface area (Å²) in [6.07, 6.45) is 6.37. The highest BCUT2D eigenvalue weighted by Gasteiger charge is 2.40. The van der Waals surface area contributed by atoms with Gasteiger partial charge in [0.2, 0.25) is 12.7 Å².